The first-order valence-electron chi connectivity index (χ1n) is 6.36. The number of carbonyl (C=O) groups excluding carboxylic acids is 1. The summed E-state index contributed by atoms with van der Waals surface area (Å²) in [6.07, 6.45) is 3.31. The zero-order valence-electron chi connectivity index (χ0n) is 11.5. The Hall–Kier alpha value is -2.41. The normalized spacial score (nSPS) is 10.9. The number of phenols is 1. The van der Waals surface area contributed by atoms with Gasteiger partial charge in [0.1, 0.15) is 10.3 Å². The Morgan fingerprint density at radius 1 is 1.36 bits per heavy atom. The van der Waals surface area contributed by atoms with E-state index >= 15 is 0 Å². The van der Waals surface area contributed by atoms with E-state index in [1.807, 2.05) is 0 Å². The number of amides is 1. The third kappa shape index (κ3) is 2.43. The molecule has 2 aromatic heterocycles. The van der Waals surface area contributed by atoms with E-state index in [2.05, 4.69) is 20.9 Å². The van der Waals surface area contributed by atoms with Crippen molar-refractivity contribution in [3.05, 3.63) is 58.7 Å². The van der Waals surface area contributed by atoms with E-state index in [0.29, 0.717) is 16.9 Å². The molecule has 2 heterocycles. The number of carbonyl (C=O) groups is 1. The highest BCUT2D eigenvalue weighted by Gasteiger charge is 2.16. The molecule has 5 nitrogen and oxygen atoms in total. The van der Waals surface area contributed by atoms with Gasteiger partial charge in [0, 0.05) is 25.0 Å². The number of aromatic hydroxyl groups is 1. The molecular weight excluding hydrogens is 353 g/mol. The predicted octanol–water partition coefficient (Wildman–Crippen LogP) is 3.22. The van der Waals surface area contributed by atoms with E-state index in [9.17, 15) is 14.3 Å². The number of imidazole rings is 1. The molecule has 1 aromatic carbocycles. The van der Waals surface area contributed by atoms with Crippen LogP contribution >= 0.6 is 15.9 Å². The average Bonchev–Trinajstić information content (AvgIpc) is 2.89. The SMILES string of the molecule is CN(C(=O)c1ccc2ncc(Br)n2c1)c1ccc(F)c(O)c1. The summed E-state index contributed by atoms with van der Waals surface area (Å²) in [6.45, 7) is 0. The molecule has 1 N–H and O–H groups in total. The number of fused-ring (bicyclic) bond motifs is 1. The summed E-state index contributed by atoms with van der Waals surface area (Å²) >= 11 is 3.35. The summed E-state index contributed by atoms with van der Waals surface area (Å²) in [5.74, 6) is -1.51. The van der Waals surface area contributed by atoms with Crippen LogP contribution < -0.4 is 4.90 Å². The molecule has 0 bridgehead atoms. The van der Waals surface area contributed by atoms with Gasteiger partial charge in [0.05, 0.1) is 11.8 Å². The molecule has 112 valence electrons. The van der Waals surface area contributed by atoms with E-state index in [4.69, 9.17) is 0 Å². The lowest BCUT2D eigenvalue weighted by molar-refractivity contribution is 0.0992. The first-order chi connectivity index (χ1) is 10.5. The van der Waals surface area contributed by atoms with Gasteiger partial charge in [-0.25, -0.2) is 9.37 Å². The monoisotopic (exact) mass is 363 g/mol. The minimum absolute atomic E-state index is 0.284. The van der Waals surface area contributed by atoms with Crippen molar-refractivity contribution < 1.29 is 14.3 Å². The summed E-state index contributed by atoms with van der Waals surface area (Å²) in [5, 5.41) is 9.42. The molecule has 0 aliphatic rings. The van der Waals surface area contributed by atoms with Crippen molar-refractivity contribution in [2.24, 2.45) is 0 Å². The molecule has 0 radical (unpaired) electrons. The Morgan fingerprint density at radius 3 is 2.86 bits per heavy atom. The number of nitrogens with zero attached hydrogens (tertiary/aromatic N) is 3. The van der Waals surface area contributed by atoms with Gasteiger partial charge < -0.3 is 10.0 Å². The third-order valence-corrected chi connectivity index (χ3v) is 3.92. The molecule has 0 aliphatic heterocycles. The van der Waals surface area contributed by atoms with Crippen LogP contribution in [0.2, 0.25) is 0 Å². The minimum Gasteiger partial charge on any atom is -0.505 e. The largest absolute Gasteiger partial charge is 0.505 e. The highest BCUT2D eigenvalue weighted by molar-refractivity contribution is 9.10. The maximum atomic E-state index is 13.1. The Balaban J connectivity index is 1.96. The molecular formula is C15H11BrFN3O2. The molecule has 7 heteroatoms. The maximum absolute atomic E-state index is 13.1. The molecule has 3 rings (SSSR count). The minimum atomic E-state index is -0.728. The maximum Gasteiger partial charge on any atom is 0.259 e. The van der Waals surface area contributed by atoms with E-state index in [0.717, 1.165) is 10.7 Å². The summed E-state index contributed by atoms with van der Waals surface area (Å²) < 4.78 is 15.6. The topological polar surface area (TPSA) is 57.8 Å². The van der Waals surface area contributed by atoms with Crippen LogP contribution in [0.4, 0.5) is 10.1 Å². The Kier molecular flexibility index (Phi) is 3.58. The number of pyridine rings is 1. The van der Waals surface area contributed by atoms with Crippen LogP contribution in [0, 0.1) is 5.82 Å². The number of phenolic OH excluding ortho intramolecular Hbond substituents is 1. The lowest BCUT2D eigenvalue weighted by Crippen LogP contribution is -2.26. The standard InChI is InChI=1S/C15H11BrFN3O2/c1-19(10-3-4-11(17)12(21)6-10)15(22)9-2-5-14-18-7-13(16)20(14)8-9/h2-8,21H,1H3. The van der Waals surface area contributed by atoms with Gasteiger partial charge in [-0.2, -0.15) is 0 Å². The molecule has 1 amide bonds. The van der Waals surface area contributed by atoms with Crippen LogP contribution in [-0.2, 0) is 0 Å². The van der Waals surface area contributed by atoms with Gasteiger partial charge in [-0.1, -0.05) is 0 Å². The first kappa shape index (κ1) is 14.5. The number of aromatic nitrogens is 2. The van der Waals surface area contributed by atoms with Gasteiger partial charge >= 0.3 is 0 Å². The summed E-state index contributed by atoms with van der Waals surface area (Å²) in [7, 11) is 1.56. The van der Waals surface area contributed by atoms with Crippen LogP contribution in [0.5, 0.6) is 5.75 Å². The molecule has 0 fully saturated rings. The van der Waals surface area contributed by atoms with E-state index < -0.39 is 11.6 Å². The Morgan fingerprint density at radius 2 is 2.14 bits per heavy atom. The second-order valence-electron chi connectivity index (χ2n) is 4.73. The quantitative estimate of drug-likeness (QED) is 0.760. The van der Waals surface area contributed by atoms with Gasteiger partial charge in [0.2, 0.25) is 0 Å². The van der Waals surface area contributed by atoms with Crippen molar-refractivity contribution in [3.63, 3.8) is 0 Å². The van der Waals surface area contributed by atoms with Crippen molar-refractivity contribution in [2.75, 3.05) is 11.9 Å². The number of rotatable bonds is 2. The average molecular weight is 364 g/mol. The van der Waals surface area contributed by atoms with E-state index in [1.54, 1.807) is 36.0 Å². The summed E-state index contributed by atoms with van der Waals surface area (Å²) in [4.78, 5) is 18.0. The van der Waals surface area contributed by atoms with Gasteiger partial charge in [-0.15, -0.1) is 0 Å². The lowest BCUT2D eigenvalue weighted by atomic mass is 10.2. The highest BCUT2D eigenvalue weighted by atomic mass is 79.9. The van der Waals surface area contributed by atoms with Crippen molar-refractivity contribution in [3.8, 4) is 5.75 Å². The van der Waals surface area contributed by atoms with Crippen molar-refractivity contribution in [1.29, 1.82) is 0 Å². The molecule has 0 saturated heterocycles. The number of hydrogen-bond acceptors (Lipinski definition) is 3. The highest BCUT2D eigenvalue weighted by Crippen LogP contribution is 2.24. The van der Waals surface area contributed by atoms with Gasteiger partial charge in [-0.3, -0.25) is 9.20 Å². The van der Waals surface area contributed by atoms with Crippen LogP contribution in [0.15, 0.2) is 47.3 Å². The molecule has 0 saturated carbocycles. The zero-order chi connectivity index (χ0) is 15.9. The van der Waals surface area contributed by atoms with E-state index in [-0.39, 0.29) is 5.91 Å². The number of halogens is 2. The molecule has 0 atom stereocenters. The second kappa shape index (κ2) is 5.42. The van der Waals surface area contributed by atoms with Gasteiger partial charge in [0.25, 0.3) is 5.91 Å². The first-order valence-corrected chi connectivity index (χ1v) is 7.16. The smallest absolute Gasteiger partial charge is 0.259 e. The summed E-state index contributed by atoms with van der Waals surface area (Å²) in [6, 6.07) is 7.15. The number of benzene rings is 1. The molecule has 3 aromatic rings. The third-order valence-electron chi connectivity index (χ3n) is 3.33. The molecule has 22 heavy (non-hydrogen) atoms. The van der Waals surface area contributed by atoms with Crippen LogP contribution in [0.3, 0.4) is 0 Å². The van der Waals surface area contributed by atoms with Crippen LogP contribution in [0.25, 0.3) is 5.65 Å². The lowest BCUT2D eigenvalue weighted by Gasteiger charge is -2.18. The predicted molar refractivity (Wildman–Crippen MR) is 83.7 cm³/mol. The van der Waals surface area contributed by atoms with Gasteiger partial charge in [-0.05, 0) is 40.2 Å². The van der Waals surface area contributed by atoms with Crippen LogP contribution in [-0.4, -0.2) is 27.4 Å². The fraction of sp³-hybridized carbons (Fsp3) is 0.0667. The number of hydrogen-bond donors (Lipinski definition) is 1. The van der Waals surface area contributed by atoms with Crippen molar-refractivity contribution in [1.82, 2.24) is 9.38 Å². The molecule has 0 aliphatic carbocycles. The fourth-order valence-electron chi connectivity index (χ4n) is 2.10. The van der Waals surface area contributed by atoms with Crippen LogP contribution in [0.1, 0.15) is 10.4 Å². The Bertz CT molecular complexity index is 878. The van der Waals surface area contributed by atoms with Crippen molar-refractivity contribution >= 4 is 33.2 Å². The second-order valence-corrected chi connectivity index (χ2v) is 5.54. The fourth-order valence-corrected chi connectivity index (χ4v) is 2.48. The van der Waals surface area contributed by atoms with Gasteiger partial charge in [0.15, 0.2) is 11.6 Å². The molecule has 0 unspecified atom stereocenters. The Labute approximate surface area is 133 Å². The zero-order valence-corrected chi connectivity index (χ0v) is 13.1. The van der Waals surface area contributed by atoms with E-state index in [1.165, 1.54) is 17.0 Å². The van der Waals surface area contributed by atoms with Crippen molar-refractivity contribution in [2.45, 2.75) is 0 Å². The number of anilines is 1. The molecule has 0 spiro atoms. The summed E-state index contributed by atoms with van der Waals surface area (Å²) in [5.41, 5.74) is 1.55.